The Labute approximate surface area is 143 Å². The minimum atomic E-state index is -0.734. The van der Waals surface area contributed by atoms with Gasteiger partial charge in [-0.1, -0.05) is 18.0 Å². The normalized spacial score (nSPS) is 24.7. The van der Waals surface area contributed by atoms with E-state index in [1.807, 2.05) is 0 Å². The van der Waals surface area contributed by atoms with Crippen LogP contribution in [0, 0.1) is 11.8 Å². The lowest BCUT2D eigenvalue weighted by atomic mass is 9.80. The maximum Gasteiger partial charge on any atom is 0.364 e. The van der Waals surface area contributed by atoms with Gasteiger partial charge in [0.05, 0.1) is 0 Å². The molecule has 25 heavy (non-hydrogen) atoms. The highest BCUT2D eigenvalue weighted by atomic mass is 16.7. The van der Waals surface area contributed by atoms with E-state index in [1.54, 1.807) is 18.2 Å². The minimum absolute atomic E-state index is 0.0330. The monoisotopic (exact) mass is 343 g/mol. The van der Waals surface area contributed by atoms with Crippen LogP contribution < -0.4 is 14.8 Å². The van der Waals surface area contributed by atoms with E-state index in [9.17, 15) is 14.7 Å². The van der Waals surface area contributed by atoms with Gasteiger partial charge >= 0.3 is 6.03 Å². The van der Waals surface area contributed by atoms with Crippen LogP contribution in [0.25, 0.3) is 0 Å². The molecule has 130 valence electrons. The number of ketones is 1. The SMILES string of the molecule is O=C(N=NC1=C(O)C2CCCCC2C1=O)Nc1ccc2c(c1)OCO2. The predicted molar refractivity (Wildman–Crippen MR) is 86.5 cm³/mol. The second-order valence-electron chi connectivity index (χ2n) is 6.29. The number of hydrogen-bond acceptors (Lipinski definition) is 6. The topological polar surface area (TPSA) is 110 Å². The number of carbonyl (C=O) groups excluding carboxylic acids is 2. The van der Waals surface area contributed by atoms with Crippen LogP contribution in [0.2, 0.25) is 0 Å². The molecule has 8 nitrogen and oxygen atoms in total. The molecule has 2 atom stereocenters. The number of anilines is 1. The Morgan fingerprint density at radius 2 is 1.92 bits per heavy atom. The molecule has 2 N–H and O–H groups in total. The molecule has 0 spiro atoms. The van der Waals surface area contributed by atoms with Gasteiger partial charge in [0.15, 0.2) is 23.0 Å². The average Bonchev–Trinajstić information content (AvgIpc) is 3.17. The fourth-order valence-corrected chi connectivity index (χ4v) is 3.57. The van der Waals surface area contributed by atoms with Gasteiger partial charge in [0.2, 0.25) is 6.79 Å². The first-order chi connectivity index (χ1) is 12.1. The van der Waals surface area contributed by atoms with Crippen LogP contribution >= 0.6 is 0 Å². The van der Waals surface area contributed by atoms with Crippen molar-refractivity contribution in [1.29, 1.82) is 0 Å². The zero-order valence-electron chi connectivity index (χ0n) is 13.4. The largest absolute Gasteiger partial charge is 0.510 e. The Morgan fingerprint density at radius 1 is 1.16 bits per heavy atom. The first-order valence-electron chi connectivity index (χ1n) is 8.23. The first-order valence-corrected chi connectivity index (χ1v) is 8.23. The summed E-state index contributed by atoms with van der Waals surface area (Å²) >= 11 is 0. The Hall–Kier alpha value is -2.90. The third-order valence-corrected chi connectivity index (χ3v) is 4.79. The van der Waals surface area contributed by atoms with Gasteiger partial charge in [-0.25, -0.2) is 4.79 Å². The molecule has 8 heteroatoms. The van der Waals surface area contributed by atoms with E-state index < -0.39 is 6.03 Å². The van der Waals surface area contributed by atoms with E-state index in [4.69, 9.17) is 9.47 Å². The van der Waals surface area contributed by atoms with E-state index in [-0.39, 0.29) is 35.9 Å². The van der Waals surface area contributed by atoms with Crippen LogP contribution in [0.5, 0.6) is 11.5 Å². The highest BCUT2D eigenvalue weighted by Gasteiger charge is 2.43. The average molecular weight is 343 g/mol. The van der Waals surface area contributed by atoms with Crippen molar-refractivity contribution in [3.63, 3.8) is 0 Å². The van der Waals surface area contributed by atoms with Crippen LogP contribution in [0.3, 0.4) is 0 Å². The number of allylic oxidation sites excluding steroid dienone is 2. The summed E-state index contributed by atoms with van der Waals surface area (Å²) in [5.74, 6) is 0.488. The molecule has 0 radical (unpaired) electrons. The predicted octanol–water partition coefficient (Wildman–Crippen LogP) is 3.56. The quantitative estimate of drug-likeness (QED) is 0.798. The lowest BCUT2D eigenvalue weighted by molar-refractivity contribution is -0.120. The fourth-order valence-electron chi connectivity index (χ4n) is 3.57. The second kappa shape index (κ2) is 6.19. The number of carbonyl (C=O) groups is 2. The first kappa shape index (κ1) is 15.6. The van der Waals surface area contributed by atoms with Crippen molar-refractivity contribution in [2.24, 2.45) is 22.1 Å². The summed E-state index contributed by atoms with van der Waals surface area (Å²) in [7, 11) is 0. The van der Waals surface area contributed by atoms with Crippen LogP contribution in [-0.4, -0.2) is 23.7 Å². The van der Waals surface area contributed by atoms with Crippen molar-refractivity contribution >= 4 is 17.5 Å². The number of aliphatic hydroxyl groups is 1. The molecule has 2 amide bonds. The molecule has 0 saturated heterocycles. The van der Waals surface area contributed by atoms with Crippen molar-refractivity contribution in [3.8, 4) is 11.5 Å². The molecule has 2 unspecified atom stereocenters. The van der Waals surface area contributed by atoms with Crippen molar-refractivity contribution in [1.82, 2.24) is 0 Å². The van der Waals surface area contributed by atoms with E-state index in [0.29, 0.717) is 17.2 Å². The fraction of sp³-hybridized carbons (Fsp3) is 0.412. The Bertz CT molecular complexity index is 801. The van der Waals surface area contributed by atoms with Crippen molar-refractivity contribution in [3.05, 3.63) is 29.7 Å². The summed E-state index contributed by atoms with van der Waals surface area (Å²) < 4.78 is 10.4. The van der Waals surface area contributed by atoms with E-state index in [1.165, 1.54) is 0 Å². The number of ether oxygens (including phenoxy) is 2. The lowest BCUT2D eigenvalue weighted by Crippen LogP contribution is -2.21. The number of amides is 2. The molecule has 1 fully saturated rings. The Balaban J connectivity index is 1.45. The maximum atomic E-state index is 12.3. The number of benzene rings is 1. The highest BCUT2D eigenvalue weighted by molar-refractivity contribution is 6.00. The van der Waals surface area contributed by atoms with E-state index in [2.05, 4.69) is 15.5 Å². The summed E-state index contributed by atoms with van der Waals surface area (Å²) in [6.45, 7) is 0.143. The maximum absolute atomic E-state index is 12.3. The molecule has 1 aromatic rings. The lowest BCUT2D eigenvalue weighted by Gasteiger charge is -2.23. The van der Waals surface area contributed by atoms with Crippen LogP contribution in [0.4, 0.5) is 10.5 Å². The number of fused-ring (bicyclic) bond motifs is 2. The van der Waals surface area contributed by atoms with Gasteiger partial charge < -0.3 is 19.9 Å². The van der Waals surface area contributed by atoms with Crippen LogP contribution in [-0.2, 0) is 4.79 Å². The third-order valence-electron chi connectivity index (χ3n) is 4.79. The minimum Gasteiger partial charge on any atom is -0.510 e. The van der Waals surface area contributed by atoms with Gasteiger partial charge in [-0.15, -0.1) is 5.11 Å². The van der Waals surface area contributed by atoms with E-state index >= 15 is 0 Å². The molecule has 1 aromatic carbocycles. The summed E-state index contributed by atoms with van der Waals surface area (Å²) in [4.78, 5) is 24.3. The second-order valence-corrected chi connectivity index (χ2v) is 6.29. The number of nitrogens with one attached hydrogen (secondary N) is 1. The molecule has 4 rings (SSSR count). The van der Waals surface area contributed by atoms with Gasteiger partial charge in [0, 0.05) is 23.6 Å². The van der Waals surface area contributed by atoms with Crippen molar-refractivity contribution in [2.45, 2.75) is 25.7 Å². The van der Waals surface area contributed by atoms with E-state index in [0.717, 1.165) is 25.7 Å². The molecule has 1 saturated carbocycles. The van der Waals surface area contributed by atoms with Crippen LogP contribution in [0.15, 0.2) is 39.9 Å². The van der Waals surface area contributed by atoms with Gasteiger partial charge in [-0.05, 0) is 25.0 Å². The molecular formula is C17H17N3O5. The summed E-state index contributed by atoms with van der Waals surface area (Å²) in [6, 6.07) is 4.20. The molecule has 1 aliphatic heterocycles. The van der Waals surface area contributed by atoms with Gasteiger partial charge in [0.1, 0.15) is 5.76 Å². The summed E-state index contributed by atoms with van der Waals surface area (Å²) in [5.41, 5.74) is 0.385. The third kappa shape index (κ3) is 2.84. The smallest absolute Gasteiger partial charge is 0.364 e. The molecular weight excluding hydrogens is 326 g/mol. The molecule has 0 bridgehead atoms. The zero-order chi connectivity index (χ0) is 17.4. The Kier molecular flexibility index (Phi) is 3.87. The summed E-state index contributed by atoms with van der Waals surface area (Å²) in [5, 5.41) is 20.0. The van der Waals surface area contributed by atoms with Crippen LogP contribution in [0.1, 0.15) is 25.7 Å². The number of hydrogen-bond donors (Lipinski definition) is 2. The molecule has 1 heterocycles. The summed E-state index contributed by atoms with van der Waals surface area (Å²) in [6.07, 6.45) is 3.46. The zero-order valence-corrected chi connectivity index (χ0v) is 13.4. The standard InChI is InChI=1S/C17H17N3O5/c21-15-10-3-1-2-4-11(10)16(22)14(15)19-20-17(23)18-9-5-6-12-13(7-9)25-8-24-12/h5-7,10-11,21H,1-4,8H2,(H,18,23). The van der Waals surface area contributed by atoms with Crippen molar-refractivity contribution < 1.29 is 24.2 Å². The van der Waals surface area contributed by atoms with Crippen molar-refractivity contribution in [2.75, 3.05) is 12.1 Å². The Morgan fingerprint density at radius 3 is 2.72 bits per heavy atom. The molecule has 3 aliphatic rings. The molecule has 2 aliphatic carbocycles. The van der Waals surface area contributed by atoms with Gasteiger partial charge in [-0.2, -0.15) is 0 Å². The number of azo groups is 1. The van der Waals surface area contributed by atoms with Gasteiger partial charge in [-0.3, -0.25) is 4.79 Å². The number of aliphatic hydroxyl groups excluding tert-OH is 1. The number of urea groups is 1. The molecule has 0 aromatic heterocycles. The van der Waals surface area contributed by atoms with Gasteiger partial charge in [0.25, 0.3) is 0 Å². The highest BCUT2D eigenvalue weighted by Crippen LogP contribution is 2.43. The number of nitrogens with zero attached hydrogens (tertiary/aromatic N) is 2. The number of rotatable bonds is 2. The number of Topliss-reactive ketones (excluding diaryl/α,β-unsaturated/α-hetero) is 1.